The van der Waals surface area contributed by atoms with Crippen LogP contribution >= 0.6 is 0 Å². The molecule has 0 N–H and O–H groups in total. The number of carbonyl (C=O) groups is 2. The Kier molecular flexibility index (Phi) is 16.5. The highest BCUT2D eigenvalue weighted by molar-refractivity contribution is 6.03. The SMILES string of the molecule is CCOC(=O)c1ccccc1C(=O)OCCCCCCCCCCCCCCCC(C)C. The van der Waals surface area contributed by atoms with Gasteiger partial charge in [-0.05, 0) is 31.4 Å². The summed E-state index contributed by atoms with van der Waals surface area (Å²) in [7, 11) is 0. The van der Waals surface area contributed by atoms with E-state index in [4.69, 9.17) is 9.47 Å². The van der Waals surface area contributed by atoms with Gasteiger partial charge < -0.3 is 9.47 Å². The van der Waals surface area contributed by atoms with Crippen molar-refractivity contribution in [3.8, 4) is 0 Å². The van der Waals surface area contributed by atoms with Crippen LogP contribution in [0.15, 0.2) is 24.3 Å². The summed E-state index contributed by atoms with van der Waals surface area (Å²) in [5.74, 6) is -0.0828. The Balaban J connectivity index is 1.97. The molecule has 32 heavy (non-hydrogen) atoms. The molecule has 0 saturated carbocycles. The molecule has 0 aromatic heterocycles. The number of benzene rings is 1. The van der Waals surface area contributed by atoms with E-state index in [-0.39, 0.29) is 17.7 Å². The van der Waals surface area contributed by atoms with E-state index in [1.54, 1.807) is 31.2 Å². The van der Waals surface area contributed by atoms with Gasteiger partial charge in [-0.3, -0.25) is 0 Å². The van der Waals surface area contributed by atoms with Crippen LogP contribution in [0.5, 0.6) is 0 Å². The highest BCUT2D eigenvalue weighted by Crippen LogP contribution is 2.15. The molecule has 4 heteroatoms. The Morgan fingerprint density at radius 2 is 1.06 bits per heavy atom. The van der Waals surface area contributed by atoms with Crippen LogP contribution in [0.2, 0.25) is 0 Å². The largest absolute Gasteiger partial charge is 0.462 e. The summed E-state index contributed by atoms with van der Waals surface area (Å²) in [4.78, 5) is 24.3. The quantitative estimate of drug-likeness (QED) is 0.159. The van der Waals surface area contributed by atoms with Crippen molar-refractivity contribution in [2.75, 3.05) is 13.2 Å². The average Bonchev–Trinajstić information content (AvgIpc) is 2.78. The molecule has 0 saturated heterocycles. The van der Waals surface area contributed by atoms with Crippen LogP contribution in [0, 0.1) is 5.92 Å². The van der Waals surface area contributed by atoms with E-state index in [1.807, 2.05) is 0 Å². The molecule has 0 unspecified atom stereocenters. The lowest BCUT2D eigenvalue weighted by molar-refractivity contribution is 0.0462. The summed E-state index contributed by atoms with van der Waals surface area (Å²) < 4.78 is 10.4. The first-order chi connectivity index (χ1) is 15.6. The summed E-state index contributed by atoms with van der Waals surface area (Å²) in [5, 5.41) is 0. The third-order valence-electron chi connectivity index (χ3n) is 5.80. The van der Waals surface area contributed by atoms with E-state index in [1.165, 1.54) is 77.0 Å². The lowest BCUT2D eigenvalue weighted by atomic mass is 10.0. The third kappa shape index (κ3) is 13.5. The van der Waals surface area contributed by atoms with Gasteiger partial charge >= 0.3 is 11.9 Å². The van der Waals surface area contributed by atoms with Crippen molar-refractivity contribution in [1.82, 2.24) is 0 Å². The summed E-state index contributed by atoms with van der Waals surface area (Å²) >= 11 is 0. The Morgan fingerprint density at radius 1 is 0.656 bits per heavy atom. The van der Waals surface area contributed by atoms with Crippen LogP contribution in [0.4, 0.5) is 0 Å². The fourth-order valence-corrected chi connectivity index (χ4v) is 3.89. The number of ether oxygens (including phenoxy) is 2. The Morgan fingerprint density at radius 3 is 1.50 bits per heavy atom. The van der Waals surface area contributed by atoms with Crippen LogP contribution in [0.3, 0.4) is 0 Å². The minimum Gasteiger partial charge on any atom is -0.462 e. The van der Waals surface area contributed by atoms with Crippen LogP contribution in [0.1, 0.15) is 131 Å². The van der Waals surface area contributed by atoms with Crippen molar-refractivity contribution in [2.45, 2.75) is 111 Å². The molecule has 0 spiro atoms. The molecule has 0 aliphatic rings. The van der Waals surface area contributed by atoms with E-state index < -0.39 is 11.9 Å². The van der Waals surface area contributed by atoms with E-state index in [9.17, 15) is 9.59 Å². The zero-order valence-corrected chi connectivity index (χ0v) is 20.8. The number of rotatable bonds is 19. The molecule has 4 nitrogen and oxygen atoms in total. The van der Waals surface area contributed by atoms with Crippen LogP contribution in [-0.4, -0.2) is 25.2 Å². The maximum absolute atomic E-state index is 12.3. The van der Waals surface area contributed by atoms with Crippen LogP contribution in [-0.2, 0) is 9.47 Å². The zero-order chi connectivity index (χ0) is 23.4. The highest BCUT2D eigenvalue weighted by atomic mass is 16.5. The number of esters is 2. The van der Waals surface area contributed by atoms with E-state index in [0.29, 0.717) is 6.61 Å². The first-order valence-electron chi connectivity index (χ1n) is 13.0. The van der Waals surface area contributed by atoms with Crippen LogP contribution < -0.4 is 0 Å². The number of carbonyl (C=O) groups excluding carboxylic acids is 2. The molecule has 1 rings (SSSR count). The standard InChI is InChI=1S/C28H46O4/c1-4-31-27(29)25-21-17-18-22-26(25)28(30)32-23-19-15-13-11-9-7-5-6-8-10-12-14-16-20-24(2)3/h17-18,21-22,24H,4-16,19-20,23H2,1-3H3. The van der Waals surface area contributed by atoms with Gasteiger partial charge in [-0.2, -0.15) is 0 Å². The van der Waals surface area contributed by atoms with Gasteiger partial charge in [0.05, 0.1) is 24.3 Å². The average molecular weight is 447 g/mol. The summed E-state index contributed by atoms with van der Waals surface area (Å²) in [6, 6.07) is 6.66. The van der Waals surface area contributed by atoms with E-state index in [0.717, 1.165) is 18.8 Å². The number of hydrogen-bond acceptors (Lipinski definition) is 4. The smallest absolute Gasteiger partial charge is 0.339 e. The van der Waals surface area contributed by atoms with Crippen molar-refractivity contribution >= 4 is 11.9 Å². The Labute approximate surface area is 196 Å². The minimum absolute atomic E-state index is 0.269. The molecule has 0 aliphatic carbocycles. The van der Waals surface area contributed by atoms with E-state index in [2.05, 4.69) is 13.8 Å². The third-order valence-corrected chi connectivity index (χ3v) is 5.80. The van der Waals surface area contributed by atoms with Gasteiger partial charge in [0.15, 0.2) is 0 Å². The molecule has 0 atom stereocenters. The summed E-state index contributed by atoms with van der Waals surface area (Å²) in [5.41, 5.74) is 0.548. The molecule has 0 fully saturated rings. The maximum atomic E-state index is 12.3. The Bertz CT molecular complexity index is 624. The molecule has 0 amide bonds. The molecule has 1 aromatic rings. The first-order valence-corrected chi connectivity index (χ1v) is 13.0. The number of unbranched alkanes of at least 4 members (excludes halogenated alkanes) is 12. The summed E-state index contributed by atoms with van der Waals surface area (Å²) in [6.07, 6.45) is 18.2. The van der Waals surface area contributed by atoms with Crippen molar-refractivity contribution < 1.29 is 19.1 Å². The van der Waals surface area contributed by atoms with Crippen LogP contribution in [0.25, 0.3) is 0 Å². The molecular weight excluding hydrogens is 400 g/mol. The van der Waals surface area contributed by atoms with Gasteiger partial charge in [0.2, 0.25) is 0 Å². The Hall–Kier alpha value is -1.84. The minimum atomic E-state index is -0.485. The van der Waals surface area contributed by atoms with Crippen molar-refractivity contribution in [3.63, 3.8) is 0 Å². The molecule has 0 heterocycles. The molecule has 0 radical (unpaired) electrons. The lowest BCUT2D eigenvalue weighted by Gasteiger charge is -2.09. The monoisotopic (exact) mass is 446 g/mol. The van der Waals surface area contributed by atoms with Gasteiger partial charge in [-0.25, -0.2) is 9.59 Å². The van der Waals surface area contributed by atoms with Gasteiger partial charge in [-0.1, -0.05) is 109 Å². The van der Waals surface area contributed by atoms with Gasteiger partial charge in [0.25, 0.3) is 0 Å². The fourth-order valence-electron chi connectivity index (χ4n) is 3.89. The predicted octanol–water partition coefficient (Wildman–Crippen LogP) is 8.14. The zero-order valence-electron chi connectivity index (χ0n) is 20.8. The molecule has 0 aliphatic heterocycles. The van der Waals surface area contributed by atoms with Crippen molar-refractivity contribution in [3.05, 3.63) is 35.4 Å². The molecule has 182 valence electrons. The summed E-state index contributed by atoms with van der Waals surface area (Å²) in [6.45, 7) is 7.04. The van der Waals surface area contributed by atoms with Crippen molar-refractivity contribution in [2.24, 2.45) is 5.92 Å². The number of hydrogen-bond donors (Lipinski definition) is 0. The first kappa shape index (κ1) is 28.2. The van der Waals surface area contributed by atoms with E-state index >= 15 is 0 Å². The highest BCUT2D eigenvalue weighted by Gasteiger charge is 2.18. The van der Waals surface area contributed by atoms with Gasteiger partial charge in [-0.15, -0.1) is 0 Å². The molecule has 1 aromatic carbocycles. The predicted molar refractivity (Wildman–Crippen MR) is 132 cm³/mol. The van der Waals surface area contributed by atoms with Crippen molar-refractivity contribution in [1.29, 1.82) is 0 Å². The topological polar surface area (TPSA) is 52.6 Å². The maximum Gasteiger partial charge on any atom is 0.339 e. The molecular formula is C28H46O4. The fraction of sp³-hybridized carbons (Fsp3) is 0.714. The second kappa shape index (κ2) is 18.7. The molecule has 0 bridgehead atoms. The second-order valence-corrected chi connectivity index (χ2v) is 9.18. The second-order valence-electron chi connectivity index (χ2n) is 9.18. The lowest BCUT2D eigenvalue weighted by Crippen LogP contribution is -2.14. The van der Waals surface area contributed by atoms with Gasteiger partial charge in [0.1, 0.15) is 0 Å². The van der Waals surface area contributed by atoms with Gasteiger partial charge in [0, 0.05) is 0 Å². The normalized spacial score (nSPS) is 11.0.